The summed E-state index contributed by atoms with van der Waals surface area (Å²) in [5.74, 6) is 0.163. The molecule has 1 aromatic heterocycles. The van der Waals surface area contributed by atoms with Crippen LogP contribution in [0, 0.1) is 0 Å². The standard InChI is InChI=1S/C16H21N3O/c1-17-12-7-9-19(10-8-12)16(20)14-11-18(2)15-6-4-3-5-13(14)15/h3-6,11-12,17H,7-10H2,1-2H3. The number of likely N-dealkylation sites (tertiary alicyclic amines) is 1. The number of hydrogen-bond donors (Lipinski definition) is 1. The van der Waals surface area contributed by atoms with Gasteiger partial charge in [0, 0.05) is 43.3 Å². The molecule has 4 heteroatoms. The van der Waals surface area contributed by atoms with Crippen LogP contribution in [0.5, 0.6) is 0 Å². The van der Waals surface area contributed by atoms with Gasteiger partial charge in [-0.3, -0.25) is 4.79 Å². The predicted molar refractivity (Wildman–Crippen MR) is 80.9 cm³/mol. The molecule has 1 N–H and O–H groups in total. The van der Waals surface area contributed by atoms with Crippen LogP contribution in [0.2, 0.25) is 0 Å². The number of fused-ring (bicyclic) bond motifs is 1. The fourth-order valence-electron chi connectivity index (χ4n) is 3.05. The second-order valence-electron chi connectivity index (χ2n) is 5.53. The minimum atomic E-state index is 0.163. The smallest absolute Gasteiger partial charge is 0.256 e. The summed E-state index contributed by atoms with van der Waals surface area (Å²) < 4.78 is 2.03. The summed E-state index contributed by atoms with van der Waals surface area (Å²) in [4.78, 5) is 14.7. The van der Waals surface area contributed by atoms with Crippen LogP contribution in [-0.4, -0.2) is 41.6 Å². The highest BCUT2D eigenvalue weighted by Crippen LogP contribution is 2.23. The lowest BCUT2D eigenvalue weighted by atomic mass is 10.0. The van der Waals surface area contributed by atoms with Gasteiger partial charge in [-0.15, -0.1) is 0 Å². The highest BCUT2D eigenvalue weighted by molar-refractivity contribution is 6.07. The Labute approximate surface area is 119 Å². The monoisotopic (exact) mass is 271 g/mol. The molecule has 0 atom stereocenters. The number of carbonyl (C=O) groups excluding carboxylic acids is 1. The fraction of sp³-hybridized carbons (Fsp3) is 0.438. The van der Waals surface area contributed by atoms with Crippen molar-refractivity contribution < 1.29 is 4.79 Å². The molecule has 1 amide bonds. The molecule has 0 saturated carbocycles. The number of nitrogens with zero attached hydrogens (tertiary/aromatic N) is 2. The molecule has 1 saturated heterocycles. The molecule has 3 rings (SSSR count). The van der Waals surface area contributed by atoms with Crippen LogP contribution in [0.1, 0.15) is 23.2 Å². The number of benzene rings is 1. The van der Waals surface area contributed by atoms with Crippen molar-refractivity contribution in [3.05, 3.63) is 36.0 Å². The molecule has 1 aromatic carbocycles. The number of aryl methyl sites for hydroxylation is 1. The maximum absolute atomic E-state index is 12.7. The lowest BCUT2D eigenvalue weighted by Gasteiger charge is -2.31. The van der Waals surface area contributed by atoms with Crippen molar-refractivity contribution in [2.24, 2.45) is 7.05 Å². The number of piperidine rings is 1. The summed E-state index contributed by atoms with van der Waals surface area (Å²) in [6.45, 7) is 1.68. The van der Waals surface area contributed by atoms with Gasteiger partial charge in [-0.2, -0.15) is 0 Å². The normalized spacial score (nSPS) is 16.8. The third kappa shape index (κ3) is 2.20. The van der Waals surface area contributed by atoms with Crippen LogP contribution in [0.4, 0.5) is 0 Å². The maximum Gasteiger partial charge on any atom is 0.256 e. The molecule has 4 nitrogen and oxygen atoms in total. The van der Waals surface area contributed by atoms with E-state index in [0.29, 0.717) is 6.04 Å². The molecule has 0 radical (unpaired) electrons. The number of hydrogen-bond acceptors (Lipinski definition) is 2. The first-order valence-electron chi connectivity index (χ1n) is 7.21. The molecule has 1 aliphatic rings. The van der Waals surface area contributed by atoms with Gasteiger partial charge < -0.3 is 14.8 Å². The molecule has 0 unspecified atom stereocenters. The summed E-state index contributed by atoms with van der Waals surface area (Å²) in [5, 5.41) is 4.35. The Balaban J connectivity index is 1.86. The number of rotatable bonds is 2. The van der Waals surface area contributed by atoms with Crippen molar-refractivity contribution in [2.45, 2.75) is 18.9 Å². The van der Waals surface area contributed by atoms with Gasteiger partial charge in [-0.25, -0.2) is 0 Å². The van der Waals surface area contributed by atoms with E-state index in [1.165, 1.54) is 0 Å². The summed E-state index contributed by atoms with van der Waals surface area (Å²) in [5.41, 5.74) is 1.94. The molecule has 2 aromatic rings. The van der Waals surface area contributed by atoms with Gasteiger partial charge in [0.15, 0.2) is 0 Å². The van der Waals surface area contributed by atoms with E-state index < -0.39 is 0 Å². The molecular weight excluding hydrogens is 250 g/mol. The molecule has 2 heterocycles. The molecule has 20 heavy (non-hydrogen) atoms. The van der Waals surface area contributed by atoms with E-state index in [1.807, 2.05) is 48.0 Å². The van der Waals surface area contributed by atoms with E-state index in [0.717, 1.165) is 42.4 Å². The first kappa shape index (κ1) is 13.2. The van der Waals surface area contributed by atoms with Gasteiger partial charge >= 0.3 is 0 Å². The van der Waals surface area contributed by atoms with Gasteiger partial charge in [0.1, 0.15) is 0 Å². The molecule has 106 valence electrons. The summed E-state index contributed by atoms with van der Waals surface area (Å²) in [6, 6.07) is 8.63. The zero-order valence-electron chi connectivity index (χ0n) is 12.1. The highest BCUT2D eigenvalue weighted by atomic mass is 16.2. The van der Waals surface area contributed by atoms with E-state index in [4.69, 9.17) is 0 Å². The number of para-hydroxylation sites is 1. The Hall–Kier alpha value is -1.81. The van der Waals surface area contributed by atoms with E-state index in [1.54, 1.807) is 0 Å². The van der Waals surface area contributed by atoms with Gasteiger partial charge in [0.25, 0.3) is 5.91 Å². The van der Waals surface area contributed by atoms with Crippen LogP contribution in [-0.2, 0) is 7.05 Å². The van der Waals surface area contributed by atoms with Crippen LogP contribution in [0.15, 0.2) is 30.5 Å². The average molecular weight is 271 g/mol. The zero-order valence-corrected chi connectivity index (χ0v) is 12.1. The van der Waals surface area contributed by atoms with Gasteiger partial charge in [0.05, 0.1) is 5.56 Å². The third-order valence-electron chi connectivity index (χ3n) is 4.32. The largest absolute Gasteiger partial charge is 0.350 e. The summed E-state index contributed by atoms with van der Waals surface area (Å²) >= 11 is 0. The summed E-state index contributed by atoms with van der Waals surface area (Å²) in [7, 11) is 3.99. The molecule has 0 bridgehead atoms. The molecule has 0 spiro atoms. The second-order valence-corrected chi connectivity index (χ2v) is 5.53. The van der Waals surface area contributed by atoms with E-state index in [2.05, 4.69) is 11.4 Å². The van der Waals surface area contributed by atoms with Crippen molar-refractivity contribution >= 4 is 16.8 Å². The predicted octanol–water partition coefficient (Wildman–Crippen LogP) is 2.00. The minimum Gasteiger partial charge on any atom is -0.350 e. The summed E-state index contributed by atoms with van der Waals surface area (Å²) in [6.07, 6.45) is 4.02. The van der Waals surface area contributed by atoms with Crippen molar-refractivity contribution in [1.82, 2.24) is 14.8 Å². The molecule has 1 aliphatic heterocycles. The lowest BCUT2D eigenvalue weighted by Crippen LogP contribution is -2.43. The number of nitrogens with one attached hydrogen (secondary N) is 1. The van der Waals surface area contributed by atoms with E-state index in [9.17, 15) is 4.79 Å². The first-order chi connectivity index (χ1) is 9.70. The third-order valence-corrected chi connectivity index (χ3v) is 4.32. The van der Waals surface area contributed by atoms with Gasteiger partial charge in [-0.1, -0.05) is 18.2 Å². The molecule has 1 fully saturated rings. The SMILES string of the molecule is CNC1CCN(C(=O)c2cn(C)c3ccccc23)CC1. The molecular formula is C16H21N3O. The average Bonchev–Trinajstić information content (AvgIpc) is 2.84. The number of aromatic nitrogens is 1. The minimum absolute atomic E-state index is 0.163. The first-order valence-corrected chi connectivity index (χ1v) is 7.21. The van der Waals surface area contributed by atoms with Crippen LogP contribution in [0.3, 0.4) is 0 Å². The van der Waals surface area contributed by atoms with E-state index >= 15 is 0 Å². The van der Waals surface area contributed by atoms with Crippen molar-refractivity contribution in [1.29, 1.82) is 0 Å². The van der Waals surface area contributed by atoms with E-state index in [-0.39, 0.29) is 5.91 Å². The van der Waals surface area contributed by atoms with Crippen LogP contribution < -0.4 is 5.32 Å². The van der Waals surface area contributed by atoms with Gasteiger partial charge in [-0.05, 0) is 26.0 Å². The quantitative estimate of drug-likeness (QED) is 0.907. The zero-order chi connectivity index (χ0) is 14.1. The Bertz CT molecular complexity index is 624. The topological polar surface area (TPSA) is 37.3 Å². The van der Waals surface area contributed by atoms with Gasteiger partial charge in [0.2, 0.25) is 0 Å². The lowest BCUT2D eigenvalue weighted by molar-refractivity contribution is 0.0709. The molecule has 0 aliphatic carbocycles. The Morgan fingerprint density at radius 1 is 1.25 bits per heavy atom. The number of amides is 1. The maximum atomic E-state index is 12.7. The highest BCUT2D eigenvalue weighted by Gasteiger charge is 2.24. The van der Waals surface area contributed by atoms with Crippen LogP contribution in [0.25, 0.3) is 10.9 Å². The fourth-order valence-corrected chi connectivity index (χ4v) is 3.05. The van der Waals surface area contributed by atoms with Crippen LogP contribution >= 0.6 is 0 Å². The Morgan fingerprint density at radius 3 is 2.65 bits per heavy atom. The second kappa shape index (κ2) is 5.29. The Morgan fingerprint density at radius 2 is 1.95 bits per heavy atom. The Kier molecular flexibility index (Phi) is 3.49. The van der Waals surface area contributed by atoms with Crippen molar-refractivity contribution in [3.8, 4) is 0 Å². The number of carbonyl (C=O) groups is 1. The van der Waals surface area contributed by atoms with Crippen molar-refractivity contribution in [3.63, 3.8) is 0 Å². The van der Waals surface area contributed by atoms with Crippen molar-refractivity contribution in [2.75, 3.05) is 20.1 Å².